The Balaban J connectivity index is 2.36. The second kappa shape index (κ2) is 6.72. The topological polar surface area (TPSA) is 46.2 Å². The maximum absolute atomic E-state index is 10.6. The zero-order valence-electron chi connectivity index (χ0n) is 11.2. The SMILES string of the molecule is Cc1cccc(C(CN)C(O)c2ccc(Br)cc2Cl)c1. The smallest absolute Gasteiger partial charge is 0.0885 e. The minimum absolute atomic E-state index is 0.173. The van der Waals surface area contributed by atoms with Crippen LogP contribution in [-0.2, 0) is 0 Å². The molecule has 2 nitrogen and oxygen atoms in total. The van der Waals surface area contributed by atoms with E-state index in [1.54, 1.807) is 6.07 Å². The number of hydrogen-bond donors (Lipinski definition) is 2. The third kappa shape index (κ3) is 3.41. The predicted octanol–water partition coefficient (Wildman–Crippen LogP) is 4.19. The van der Waals surface area contributed by atoms with Gasteiger partial charge in [-0.2, -0.15) is 0 Å². The summed E-state index contributed by atoms with van der Waals surface area (Å²) in [5.41, 5.74) is 8.74. The van der Waals surface area contributed by atoms with Crippen LogP contribution in [0.2, 0.25) is 5.02 Å². The second-order valence-electron chi connectivity index (χ2n) is 4.87. The molecule has 4 heteroatoms. The molecule has 106 valence electrons. The normalized spacial score (nSPS) is 14.1. The number of halogens is 2. The first-order valence-electron chi connectivity index (χ1n) is 6.42. The van der Waals surface area contributed by atoms with Crippen molar-refractivity contribution < 1.29 is 5.11 Å². The lowest BCUT2D eigenvalue weighted by atomic mass is 9.88. The van der Waals surface area contributed by atoms with E-state index in [0.29, 0.717) is 17.1 Å². The van der Waals surface area contributed by atoms with Gasteiger partial charge in [0.2, 0.25) is 0 Å². The Labute approximate surface area is 132 Å². The van der Waals surface area contributed by atoms with Crippen LogP contribution in [0.1, 0.15) is 28.7 Å². The summed E-state index contributed by atoms with van der Waals surface area (Å²) in [6, 6.07) is 13.5. The van der Waals surface area contributed by atoms with Gasteiger partial charge in [-0.1, -0.05) is 63.4 Å². The molecular weight excluding hydrogens is 338 g/mol. The van der Waals surface area contributed by atoms with Crippen LogP contribution in [0, 0.1) is 6.92 Å². The minimum atomic E-state index is -0.720. The lowest BCUT2D eigenvalue weighted by molar-refractivity contribution is 0.147. The number of nitrogens with two attached hydrogens (primary N) is 1. The number of aliphatic hydroxyl groups is 1. The van der Waals surface area contributed by atoms with Gasteiger partial charge in [-0.3, -0.25) is 0 Å². The van der Waals surface area contributed by atoms with Gasteiger partial charge in [0.25, 0.3) is 0 Å². The van der Waals surface area contributed by atoms with Gasteiger partial charge in [-0.25, -0.2) is 0 Å². The second-order valence-corrected chi connectivity index (χ2v) is 6.19. The Bertz CT molecular complexity index is 603. The van der Waals surface area contributed by atoms with Crippen molar-refractivity contribution in [1.82, 2.24) is 0 Å². The van der Waals surface area contributed by atoms with Crippen molar-refractivity contribution in [2.24, 2.45) is 5.73 Å². The quantitative estimate of drug-likeness (QED) is 0.865. The zero-order valence-corrected chi connectivity index (χ0v) is 13.5. The molecule has 0 radical (unpaired) electrons. The van der Waals surface area contributed by atoms with Crippen molar-refractivity contribution in [3.8, 4) is 0 Å². The van der Waals surface area contributed by atoms with Gasteiger partial charge in [0, 0.05) is 22.0 Å². The van der Waals surface area contributed by atoms with Crippen molar-refractivity contribution in [3.05, 3.63) is 68.7 Å². The van der Waals surface area contributed by atoms with Crippen LogP contribution in [-0.4, -0.2) is 11.7 Å². The van der Waals surface area contributed by atoms with E-state index in [-0.39, 0.29) is 5.92 Å². The molecule has 0 saturated carbocycles. The summed E-state index contributed by atoms with van der Waals surface area (Å²) in [5, 5.41) is 11.2. The molecule has 2 rings (SSSR count). The van der Waals surface area contributed by atoms with E-state index < -0.39 is 6.10 Å². The van der Waals surface area contributed by atoms with E-state index in [0.717, 1.165) is 15.6 Å². The summed E-state index contributed by atoms with van der Waals surface area (Å²) in [6.45, 7) is 2.38. The maximum Gasteiger partial charge on any atom is 0.0885 e. The van der Waals surface area contributed by atoms with Gasteiger partial charge in [0.1, 0.15) is 0 Å². The molecule has 0 bridgehead atoms. The Morgan fingerprint density at radius 3 is 2.60 bits per heavy atom. The van der Waals surface area contributed by atoms with Gasteiger partial charge in [0.05, 0.1) is 6.10 Å². The van der Waals surface area contributed by atoms with Crippen molar-refractivity contribution in [1.29, 1.82) is 0 Å². The summed E-state index contributed by atoms with van der Waals surface area (Å²) >= 11 is 9.58. The van der Waals surface area contributed by atoms with Gasteiger partial charge < -0.3 is 10.8 Å². The summed E-state index contributed by atoms with van der Waals surface area (Å²) < 4.78 is 0.887. The van der Waals surface area contributed by atoms with Gasteiger partial charge >= 0.3 is 0 Å². The molecule has 2 atom stereocenters. The fourth-order valence-corrected chi connectivity index (χ4v) is 3.09. The molecule has 0 aliphatic carbocycles. The highest BCUT2D eigenvalue weighted by atomic mass is 79.9. The van der Waals surface area contributed by atoms with Crippen LogP contribution in [0.3, 0.4) is 0 Å². The Hall–Kier alpha value is -0.870. The highest BCUT2D eigenvalue weighted by molar-refractivity contribution is 9.10. The maximum atomic E-state index is 10.6. The largest absolute Gasteiger partial charge is 0.388 e. The highest BCUT2D eigenvalue weighted by Crippen LogP contribution is 2.35. The predicted molar refractivity (Wildman–Crippen MR) is 87.1 cm³/mol. The summed E-state index contributed by atoms with van der Waals surface area (Å²) in [6.07, 6.45) is -0.720. The lowest BCUT2D eigenvalue weighted by Gasteiger charge is -2.23. The lowest BCUT2D eigenvalue weighted by Crippen LogP contribution is -2.20. The van der Waals surface area contributed by atoms with Crippen LogP contribution < -0.4 is 5.73 Å². The van der Waals surface area contributed by atoms with Gasteiger partial charge in [0.15, 0.2) is 0 Å². The molecule has 0 aliphatic rings. The fraction of sp³-hybridized carbons (Fsp3) is 0.250. The number of aliphatic hydroxyl groups excluding tert-OH is 1. The molecule has 2 aromatic carbocycles. The van der Waals surface area contributed by atoms with Gasteiger partial charge in [-0.15, -0.1) is 0 Å². The van der Waals surface area contributed by atoms with E-state index >= 15 is 0 Å². The van der Waals surface area contributed by atoms with Crippen LogP contribution in [0.4, 0.5) is 0 Å². The highest BCUT2D eigenvalue weighted by Gasteiger charge is 2.23. The van der Waals surface area contributed by atoms with Crippen LogP contribution in [0.25, 0.3) is 0 Å². The molecule has 3 N–H and O–H groups in total. The fourth-order valence-electron chi connectivity index (χ4n) is 2.31. The molecule has 0 spiro atoms. The molecule has 20 heavy (non-hydrogen) atoms. The van der Waals surface area contributed by atoms with E-state index in [2.05, 4.69) is 15.9 Å². The number of hydrogen-bond acceptors (Lipinski definition) is 2. The average molecular weight is 355 g/mol. The minimum Gasteiger partial charge on any atom is -0.388 e. The Kier molecular flexibility index (Phi) is 5.22. The molecule has 2 aromatic rings. The average Bonchev–Trinajstić information content (AvgIpc) is 2.39. The third-order valence-corrected chi connectivity index (χ3v) is 4.21. The number of benzene rings is 2. The van der Waals surface area contributed by atoms with Crippen molar-refractivity contribution in [2.75, 3.05) is 6.54 Å². The number of rotatable bonds is 4. The van der Waals surface area contributed by atoms with E-state index in [1.807, 2.05) is 43.3 Å². The van der Waals surface area contributed by atoms with E-state index in [9.17, 15) is 5.11 Å². The van der Waals surface area contributed by atoms with E-state index in [4.69, 9.17) is 17.3 Å². The summed E-state index contributed by atoms with van der Waals surface area (Å²) in [7, 11) is 0. The summed E-state index contributed by atoms with van der Waals surface area (Å²) in [4.78, 5) is 0. The van der Waals surface area contributed by atoms with Crippen LogP contribution in [0.15, 0.2) is 46.9 Å². The molecular formula is C16H17BrClNO. The van der Waals surface area contributed by atoms with Crippen LogP contribution >= 0.6 is 27.5 Å². The first-order chi connectivity index (χ1) is 9.52. The van der Waals surface area contributed by atoms with Gasteiger partial charge in [-0.05, 0) is 30.2 Å². The summed E-state index contributed by atoms with van der Waals surface area (Å²) in [5.74, 6) is -0.173. The Morgan fingerprint density at radius 1 is 1.25 bits per heavy atom. The molecule has 0 amide bonds. The van der Waals surface area contributed by atoms with Crippen LogP contribution in [0.5, 0.6) is 0 Å². The van der Waals surface area contributed by atoms with E-state index in [1.165, 1.54) is 0 Å². The molecule has 0 fully saturated rings. The standard InChI is InChI=1S/C16H17BrClNO/c1-10-3-2-4-11(7-10)14(9-19)16(20)13-6-5-12(17)8-15(13)18/h2-8,14,16,20H,9,19H2,1H3. The zero-order chi connectivity index (χ0) is 14.7. The molecule has 0 heterocycles. The monoisotopic (exact) mass is 353 g/mol. The van der Waals surface area contributed by atoms with Crippen molar-refractivity contribution in [3.63, 3.8) is 0 Å². The molecule has 0 aliphatic heterocycles. The van der Waals surface area contributed by atoms with Crippen molar-refractivity contribution >= 4 is 27.5 Å². The van der Waals surface area contributed by atoms with Crippen molar-refractivity contribution in [2.45, 2.75) is 18.9 Å². The number of aryl methyl sites for hydroxylation is 1. The first kappa shape index (κ1) is 15.5. The molecule has 2 unspecified atom stereocenters. The Morgan fingerprint density at radius 2 is 2.00 bits per heavy atom. The molecule has 0 saturated heterocycles. The third-order valence-electron chi connectivity index (χ3n) is 3.39. The molecule has 0 aromatic heterocycles. The first-order valence-corrected chi connectivity index (χ1v) is 7.59.